The summed E-state index contributed by atoms with van der Waals surface area (Å²) in [7, 11) is 1.77. The minimum atomic E-state index is 0.396. The van der Waals surface area contributed by atoms with Gasteiger partial charge in [0.25, 0.3) is 0 Å². The van der Waals surface area contributed by atoms with Gasteiger partial charge < -0.3 is 0 Å². The Morgan fingerprint density at radius 1 is 1.62 bits per heavy atom. The maximum absolute atomic E-state index is 5.33. The number of nitrogens with zero attached hydrogens (tertiary/aromatic N) is 2. The molecule has 0 aromatic carbocycles. The summed E-state index contributed by atoms with van der Waals surface area (Å²) in [6.07, 6.45) is 1.66. The molecule has 0 aliphatic heterocycles. The summed E-state index contributed by atoms with van der Waals surface area (Å²) < 4.78 is 1.57. The van der Waals surface area contributed by atoms with Crippen LogP contribution in [0.25, 0.3) is 0 Å². The van der Waals surface area contributed by atoms with Crippen molar-refractivity contribution < 1.29 is 0 Å². The van der Waals surface area contributed by atoms with Gasteiger partial charge in [0.15, 0.2) is 0 Å². The van der Waals surface area contributed by atoms with Crippen molar-refractivity contribution >= 4 is 0 Å². The Balaban J connectivity index is 3.14. The predicted octanol–water partition coefficient (Wildman–Crippen LogP) is 0.538. The van der Waals surface area contributed by atoms with Crippen LogP contribution in [0.1, 0.15) is 11.3 Å². The normalized spacial score (nSPS) is 9.88. The molecule has 1 heterocycles. The van der Waals surface area contributed by atoms with Crippen LogP contribution in [-0.4, -0.2) is 9.78 Å². The molecule has 8 heavy (non-hydrogen) atoms. The van der Waals surface area contributed by atoms with E-state index >= 15 is 0 Å². The maximum Gasteiger partial charge on any atom is 0.0704 e. The first-order chi connectivity index (χ1) is 3.70. The van der Waals surface area contributed by atoms with Crippen LogP contribution in [0, 0.1) is 13.8 Å². The maximum atomic E-state index is 5.33. The van der Waals surface area contributed by atoms with E-state index in [4.69, 9.17) is 13.8 Å². The summed E-state index contributed by atoms with van der Waals surface area (Å²) in [6.45, 7) is 10.6. The number of hydrogen-bond acceptors (Lipinski definition) is 1. The topological polar surface area (TPSA) is 17.8 Å². The Hall–Kier alpha value is -0.790. The highest BCUT2D eigenvalue weighted by Crippen LogP contribution is 1.99. The Labute approximate surface area is 49.1 Å². The number of aryl methyl sites for hydroxylation is 1. The molecule has 1 aromatic rings. The third-order valence-corrected chi connectivity index (χ3v) is 0.887. The van der Waals surface area contributed by atoms with Gasteiger partial charge in [0.2, 0.25) is 0 Å². The van der Waals surface area contributed by atoms with Crippen molar-refractivity contribution in [3.63, 3.8) is 0 Å². The van der Waals surface area contributed by atoms with E-state index < -0.39 is 0 Å². The van der Waals surface area contributed by atoms with E-state index in [-0.39, 0.29) is 0 Å². The fourth-order valence-electron chi connectivity index (χ4n) is 0.524. The van der Waals surface area contributed by atoms with E-state index in [2.05, 4.69) is 5.10 Å². The second kappa shape index (κ2) is 1.62. The van der Waals surface area contributed by atoms with Gasteiger partial charge in [0, 0.05) is 27.1 Å². The zero-order chi connectivity index (χ0) is 6.15. The van der Waals surface area contributed by atoms with Crippen LogP contribution in [0.15, 0.2) is 6.20 Å². The van der Waals surface area contributed by atoms with Gasteiger partial charge in [-0.25, -0.2) is 0 Å². The molecule has 0 aliphatic carbocycles. The molecule has 1 rings (SSSR count). The van der Waals surface area contributed by atoms with Gasteiger partial charge >= 0.3 is 0 Å². The molecular formula is C6H6N2. The third kappa shape index (κ3) is 0.735. The van der Waals surface area contributed by atoms with E-state index in [1.54, 1.807) is 17.9 Å². The Morgan fingerprint density at radius 2 is 2.25 bits per heavy atom. The van der Waals surface area contributed by atoms with Crippen molar-refractivity contribution in [3.05, 3.63) is 31.3 Å². The molecule has 2 heteroatoms. The van der Waals surface area contributed by atoms with Crippen LogP contribution in [0.2, 0.25) is 0 Å². The van der Waals surface area contributed by atoms with Crippen molar-refractivity contribution in [1.82, 2.24) is 9.78 Å². The SMILES string of the molecule is [CH]c1cn(C)nc1[CH]. The predicted molar refractivity (Wildman–Crippen MR) is 30.0 cm³/mol. The smallest absolute Gasteiger partial charge is 0.0704 e. The molecule has 0 unspecified atom stereocenters. The van der Waals surface area contributed by atoms with E-state index in [9.17, 15) is 0 Å². The lowest BCUT2D eigenvalue weighted by atomic mass is 10.3. The number of rotatable bonds is 0. The van der Waals surface area contributed by atoms with Crippen LogP contribution in [0.4, 0.5) is 0 Å². The summed E-state index contributed by atoms with van der Waals surface area (Å²) in [5.41, 5.74) is 0.931. The quantitative estimate of drug-likeness (QED) is 0.472. The second-order valence-electron chi connectivity index (χ2n) is 1.64. The van der Waals surface area contributed by atoms with Gasteiger partial charge in [-0.3, -0.25) is 4.68 Å². The molecule has 0 saturated heterocycles. The van der Waals surface area contributed by atoms with Crippen LogP contribution in [0.3, 0.4) is 0 Å². The molecule has 0 aliphatic rings. The van der Waals surface area contributed by atoms with Crippen LogP contribution in [-0.2, 0) is 7.05 Å². The van der Waals surface area contributed by atoms with Crippen LogP contribution >= 0.6 is 0 Å². The van der Waals surface area contributed by atoms with Crippen molar-refractivity contribution in [1.29, 1.82) is 0 Å². The zero-order valence-electron chi connectivity index (χ0n) is 4.63. The summed E-state index contributed by atoms with van der Waals surface area (Å²) in [5.74, 6) is 0. The molecule has 1 aromatic heterocycles. The molecule has 0 N–H and O–H groups in total. The van der Waals surface area contributed by atoms with Crippen LogP contribution in [0.5, 0.6) is 0 Å². The van der Waals surface area contributed by atoms with Crippen LogP contribution < -0.4 is 0 Å². The molecule has 40 valence electrons. The standard InChI is InChI=1S/C6H6N2/c1-5-4-8(3)7-6(5)2/h1-2,4H,3H3. The van der Waals surface area contributed by atoms with Crippen molar-refractivity contribution in [2.75, 3.05) is 0 Å². The molecule has 0 atom stereocenters. The van der Waals surface area contributed by atoms with Gasteiger partial charge in [-0.1, -0.05) is 0 Å². The Bertz CT molecular complexity index is 169. The molecule has 4 radical (unpaired) electrons. The summed E-state index contributed by atoms with van der Waals surface area (Å²) in [5, 5.41) is 3.78. The lowest BCUT2D eigenvalue weighted by Gasteiger charge is -1.79. The summed E-state index contributed by atoms with van der Waals surface area (Å²) in [6, 6.07) is 0. The van der Waals surface area contributed by atoms with E-state index in [0.717, 1.165) is 0 Å². The number of aromatic nitrogens is 2. The Morgan fingerprint density at radius 3 is 2.38 bits per heavy atom. The van der Waals surface area contributed by atoms with E-state index in [0.29, 0.717) is 11.3 Å². The largest absolute Gasteiger partial charge is 0.275 e. The number of hydrogen-bond donors (Lipinski definition) is 0. The van der Waals surface area contributed by atoms with Gasteiger partial charge in [0.1, 0.15) is 0 Å². The first kappa shape index (κ1) is 5.35. The lowest BCUT2D eigenvalue weighted by molar-refractivity contribution is 0.762. The van der Waals surface area contributed by atoms with Crippen molar-refractivity contribution in [3.8, 4) is 0 Å². The minimum Gasteiger partial charge on any atom is -0.275 e. The highest BCUT2D eigenvalue weighted by Gasteiger charge is 1.93. The minimum absolute atomic E-state index is 0.396. The van der Waals surface area contributed by atoms with Gasteiger partial charge in [-0.15, -0.1) is 0 Å². The first-order valence-electron chi connectivity index (χ1n) is 2.25. The van der Waals surface area contributed by atoms with E-state index in [1.807, 2.05) is 0 Å². The average molecular weight is 106 g/mol. The fourth-order valence-corrected chi connectivity index (χ4v) is 0.524. The summed E-state index contributed by atoms with van der Waals surface area (Å²) in [4.78, 5) is 0. The molecular weight excluding hydrogens is 100 g/mol. The molecule has 0 fully saturated rings. The van der Waals surface area contributed by atoms with Gasteiger partial charge in [0.05, 0.1) is 5.69 Å². The molecule has 0 saturated carbocycles. The first-order valence-corrected chi connectivity index (χ1v) is 2.25. The third-order valence-electron chi connectivity index (χ3n) is 0.887. The van der Waals surface area contributed by atoms with Crippen molar-refractivity contribution in [2.45, 2.75) is 0 Å². The highest BCUT2D eigenvalue weighted by atomic mass is 15.2. The lowest BCUT2D eigenvalue weighted by Crippen LogP contribution is -1.86. The van der Waals surface area contributed by atoms with Gasteiger partial charge in [-0.2, -0.15) is 5.10 Å². The summed E-state index contributed by atoms with van der Waals surface area (Å²) >= 11 is 0. The monoisotopic (exact) mass is 106 g/mol. The fraction of sp³-hybridized carbons (Fsp3) is 0.167. The Kier molecular flexibility index (Phi) is 1.08. The average Bonchev–Trinajstić information content (AvgIpc) is 1.85. The zero-order valence-corrected chi connectivity index (χ0v) is 4.63. The molecule has 0 spiro atoms. The second-order valence-corrected chi connectivity index (χ2v) is 1.64. The van der Waals surface area contributed by atoms with E-state index in [1.165, 1.54) is 0 Å². The molecule has 0 amide bonds. The highest BCUT2D eigenvalue weighted by molar-refractivity contribution is 5.21. The van der Waals surface area contributed by atoms with Crippen molar-refractivity contribution in [2.24, 2.45) is 7.05 Å². The molecule has 2 nitrogen and oxygen atoms in total. The molecule has 0 bridgehead atoms. The van der Waals surface area contributed by atoms with Gasteiger partial charge in [-0.05, 0) is 5.56 Å².